The van der Waals surface area contributed by atoms with Crippen molar-refractivity contribution >= 4 is 5.91 Å². The highest BCUT2D eigenvalue weighted by Crippen LogP contribution is 2.30. The van der Waals surface area contributed by atoms with E-state index in [1.165, 1.54) is 5.06 Å². The van der Waals surface area contributed by atoms with Crippen LogP contribution < -0.4 is 0 Å². The van der Waals surface area contributed by atoms with Crippen LogP contribution in [0.2, 0.25) is 0 Å². The van der Waals surface area contributed by atoms with Gasteiger partial charge in [-0.2, -0.15) is 18.2 Å². The van der Waals surface area contributed by atoms with Gasteiger partial charge in [0.05, 0.1) is 13.2 Å². The third-order valence-electron chi connectivity index (χ3n) is 4.19. The van der Waals surface area contributed by atoms with Crippen LogP contribution in [0, 0.1) is 5.92 Å². The van der Waals surface area contributed by atoms with Crippen LogP contribution in [0.1, 0.15) is 37.6 Å². The highest BCUT2D eigenvalue weighted by Gasteiger charge is 2.38. The van der Waals surface area contributed by atoms with Crippen LogP contribution in [0.4, 0.5) is 13.2 Å². The molecule has 1 aliphatic rings. The summed E-state index contributed by atoms with van der Waals surface area (Å²) in [6.45, 7) is 2.45. The van der Waals surface area contributed by atoms with Crippen molar-refractivity contribution in [1.29, 1.82) is 0 Å². The number of carbonyl (C=O) groups is 1. The number of amides is 1. The smallest absolute Gasteiger partial charge is 0.329 e. The lowest BCUT2D eigenvalue weighted by molar-refractivity contribution is -0.195. The Hall–Kier alpha value is -2.42. The Bertz CT molecular complexity index is 755. The summed E-state index contributed by atoms with van der Waals surface area (Å²) < 4.78 is 41.8. The summed E-state index contributed by atoms with van der Waals surface area (Å²) in [5.41, 5.74) is 1.18. The number of carbonyl (C=O) groups excluding carboxylic acids is 1. The first-order valence-electron chi connectivity index (χ1n) is 8.33. The largest absolute Gasteiger partial charge is 0.471 e. The summed E-state index contributed by atoms with van der Waals surface area (Å²) in [6.07, 6.45) is -1.87. The fourth-order valence-electron chi connectivity index (χ4n) is 2.58. The number of aromatic nitrogens is 2. The lowest BCUT2D eigenvalue weighted by atomic mass is 9.84. The average Bonchev–Trinajstić information content (AvgIpc) is 3.03. The van der Waals surface area contributed by atoms with Crippen molar-refractivity contribution in [3.05, 3.63) is 35.7 Å². The minimum Gasteiger partial charge on any atom is -0.329 e. The first-order chi connectivity index (χ1) is 12.4. The van der Waals surface area contributed by atoms with Gasteiger partial charge >= 0.3 is 12.1 Å². The summed E-state index contributed by atoms with van der Waals surface area (Å²) in [7, 11) is 0. The minimum atomic E-state index is -4.68. The molecule has 0 aliphatic heterocycles. The van der Waals surface area contributed by atoms with Gasteiger partial charge in [-0.05, 0) is 25.3 Å². The van der Waals surface area contributed by atoms with E-state index < -0.39 is 12.1 Å². The third kappa shape index (κ3) is 4.04. The van der Waals surface area contributed by atoms with Crippen molar-refractivity contribution in [1.82, 2.24) is 15.2 Å². The number of rotatable bonds is 6. The second-order valence-corrected chi connectivity index (χ2v) is 6.04. The zero-order valence-corrected chi connectivity index (χ0v) is 14.1. The molecule has 0 radical (unpaired) electrons. The molecule has 0 atom stereocenters. The molecule has 1 amide bonds. The quantitative estimate of drug-likeness (QED) is 0.724. The molecule has 0 bridgehead atoms. The minimum absolute atomic E-state index is 0.0148. The third-order valence-corrected chi connectivity index (χ3v) is 4.19. The molecule has 1 aromatic carbocycles. The number of hydroxylamine groups is 2. The molecule has 140 valence electrons. The Kier molecular flexibility index (Phi) is 5.26. The summed E-state index contributed by atoms with van der Waals surface area (Å²) in [5.74, 6) is -1.54. The maximum atomic E-state index is 12.5. The molecule has 1 saturated carbocycles. The number of alkyl halides is 3. The Labute approximate surface area is 147 Å². The fraction of sp³-hybridized carbons (Fsp3) is 0.471. The van der Waals surface area contributed by atoms with Crippen LogP contribution in [0.15, 0.2) is 28.8 Å². The molecule has 1 aliphatic carbocycles. The molecule has 6 nitrogen and oxygen atoms in total. The summed E-state index contributed by atoms with van der Waals surface area (Å²) in [4.78, 5) is 21.2. The van der Waals surface area contributed by atoms with E-state index in [1.54, 1.807) is 31.2 Å². The number of hydrogen-bond donors (Lipinski definition) is 0. The van der Waals surface area contributed by atoms with Crippen LogP contribution in [-0.4, -0.2) is 27.7 Å². The van der Waals surface area contributed by atoms with Gasteiger partial charge in [-0.3, -0.25) is 9.63 Å². The van der Waals surface area contributed by atoms with Crippen molar-refractivity contribution < 1.29 is 27.3 Å². The standard InChI is InChI=1S/C17H18F3N3O3/c1-2-25-23(15(24)13-4-3-5-13)10-11-6-8-12(9-7-11)14-21-16(26-22-14)17(18,19)20/h6-9,13H,2-5,10H2,1H3. The molecule has 0 unspecified atom stereocenters. The summed E-state index contributed by atoms with van der Waals surface area (Å²) >= 11 is 0. The fourth-order valence-corrected chi connectivity index (χ4v) is 2.58. The number of benzene rings is 1. The normalized spacial score (nSPS) is 14.9. The zero-order chi connectivity index (χ0) is 18.7. The average molecular weight is 369 g/mol. The second-order valence-electron chi connectivity index (χ2n) is 6.04. The van der Waals surface area contributed by atoms with Gasteiger partial charge in [-0.25, -0.2) is 5.06 Å². The molecule has 3 rings (SSSR count). The molecule has 1 fully saturated rings. The maximum Gasteiger partial charge on any atom is 0.471 e. The molecule has 9 heteroatoms. The Morgan fingerprint density at radius 1 is 1.31 bits per heavy atom. The predicted molar refractivity (Wildman–Crippen MR) is 84.3 cm³/mol. The van der Waals surface area contributed by atoms with Gasteiger partial charge in [0.1, 0.15) is 0 Å². The van der Waals surface area contributed by atoms with E-state index in [2.05, 4.69) is 14.7 Å². The van der Waals surface area contributed by atoms with Crippen molar-refractivity contribution in [3.63, 3.8) is 0 Å². The molecule has 26 heavy (non-hydrogen) atoms. The van der Waals surface area contributed by atoms with Gasteiger partial charge in [0.2, 0.25) is 11.7 Å². The van der Waals surface area contributed by atoms with E-state index >= 15 is 0 Å². The zero-order valence-electron chi connectivity index (χ0n) is 14.1. The predicted octanol–water partition coefficient (Wildman–Crippen LogP) is 3.84. The van der Waals surface area contributed by atoms with Gasteiger partial charge < -0.3 is 4.52 Å². The Morgan fingerprint density at radius 2 is 2.00 bits per heavy atom. The lowest BCUT2D eigenvalue weighted by Gasteiger charge is -2.30. The van der Waals surface area contributed by atoms with Crippen LogP contribution in [0.25, 0.3) is 11.4 Å². The van der Waals surface area contributed by atoms with E-state index in [-0.39, 0.29) is 24.2 Å². The van der Waals surface area contributed by atoms with Crippen LogP contribution in [0.5, 0.6) is 0 Å². The van der Waals surface area contributed by atoms with Gasteiger partial charge in [-0.1, -0.05) is 35.8 Å². The van der Waals surface area contributed by atoms with Crippen molar-refractivity contribution in [2.24, 2.45) is 5.92 Å². The molecule has 1 heterocycles. The molecule has 0 saturated heterocycles. The van der Waals surface area contributed by atoms with Crippen molar-refractivity contribution in [2.45, 2.75) is 38.9 Å². The monoisotopic (exact) mass is 369 g/mol. The first-order valence-corrected chi connectivity index (χ1v) is 8.33. The van der Waals surface area contributed by atoms with E-state index in [9.17, 15) is 18.0 Å². The summed E-state index contributed by atoms with van der Waals surface area (Å²) in [5, 5.41) is 4.70. The molecule has 0 N–H and O–H groups in total. The van der Waals surface area contributed by atoms with Crippen molar-refractivity contribution in [2.75, 3.05) is 6.61 Å². The van der Waals surface area contributed by atoms with Crippen LogP contribution in [-0.2, 0) is 22.4 Å². The van der Waals surface area contributed by atoms with Gasteiger partial charge in [0, 0.05) is 11.5 Å². The van der Waals surface area contributed by atoms with Crippen LogP contribution in [0.3, 0.4) is 0 Å². The van der Waals surface area contributed by atoms with Crippen molar-refractivity contribution in [3.8, 4) is 11.4 Å². The molecular formula is C17H18F3N3O3. The number of halogens is 3. The molecule has 0 spiro atoms. The highest BCUT2D eigenvalue weighted by atomic mass is 19.4. The Balaban J connectivity index is 1.70. The Morgan fingerprint density at radius 3 is 2.50 bits per heavy atom. The topological polar surface area (TPSA) is 68.5 Å². The molecule has 1 aromatic heterocycles. The van der Waals surface area contributed by atoms with E-state index in [0.29, 0.717) is 12.2 Å². The van der Waals surface area contributed by atoms with Gasteiger partial charge in [-0.15, -0.1) is 0 Å². The van der Waals surface area contributed by atoms with E-state index in [4.69, 9.17) is 4.84 Å². The van der Waals surface area contributed by atoms with Crippen LogP contribution >= 0.6 is 0 Å². The molecular weight excluding hydrogens is 351 g/mol. The highest BCUT2D eigenvalue weighted by molar-refractivity contribution is 5.78. The lowest BCUT2D eigenvalue weighted by Crippen LogP contribution is -2.38. The SMILES string of the molecule is CCON(Cc1ccc(-c2noc(C(F)(F)F)n2)cc1)C(=O)C1CCC1. The second kappa shape index (κ2) is 7.45. The number of hydrogen-bond acceptors (Lipinski definition) is 5. The first kappa shape index (κ1) is 18.4. The van der Waals surface area contributed by atoms with Gasteiger partial charge in [0.15, 0.2) is 0 Å². The van der Waals surface area contributed by atoms with E-state index in [0.717, 1.165) is 24.8 Å². The van der Waals surface area contributed by atoms with Gasteiger partial charge in [0.25, 0.3) is 0 Å². The number of nitrogens with zero attached hydrogens (tertiary/aromatic N) is 3. The molecule has 2 aromatic rings. The van der Waals surface area contributed by atoms with E-state index in [1.807, 2.05) is 0 Å². The summed E-state index contributed by atoms with van der Waals surface area (Å²) in [6, 6.07) is 6.55. The maximum absolute atomic E-state index is 12.5.